The first-order chi connectivity index (χ1) is 10.6. The van der Waals surface area contributed by atoms with Crippen LogP contribution in [-0.2, 0) is 10.0 Å². The van der Waals surface area contributed by atoms with E-state index in [0.29, 0.717) is 11.0 Å². The second-order valence-corrected chi connectivity index (χ2v) is 8.49. The molecule has 5 nitrogen and oxygen atoms in total. The van der Waals surface area contributed by atoms with Crippen LogP contribution in [0.1, 0.15) is 32.1 Å². The number of ether oxygens (including phenoxy) is 1. The topological polar surface area (TPSA) is 67.4 Å². The van der Waals surface area contributed by atoms with Crippen molar-refractivity contribution in [3.8, 4) is 5.75 Å². The molecule has 1 aromatic carbocycles. The summed E-state index contributed by atoms with van der Waals surface area (Å²) >= 11 is 0. The van der Waals surface area contributed by atoms with E-state index in [4.69, 9.17) is 4.74 Å². The lowest BCUT2D eigenvalue weighted by molar-refractivity contribution is 0.303. The standard InChI is InChI=1S/C16H22N2O3S/c19-22(20,18-15-11-16(15)7-9-17-10-8-16)14-5-3-13(4-6-14)21-12-1-2-12/h3-6,12,15,17-18H,1-2,7-11H2. The minimum atomic E-state index is -3.43. The summed E-state index contributed by atoms with van der Waals surface area (Å²) in [6, 6.07) is 6.87. The zero-order chi connectivity index (χ0) is 15.2. The van der Waals surface area contributed by atoms with Gasteiger partial charge in [-0.3, -0.25) is 0 Å². The Kier molecular flexibility index (Phi) is 3.43. The third kappa shape index (κ3) is 2.87. The lowest BCUT2D eigenvalue weighted by atomic mass is 9.94. The van der Waals surface area contributed by atoms with E-state index in [-0.39, 0.29) is 11.5 Å². The summed E-state index contributed by atoms with van der Waals surface area (Å²) in [5.74, 6) is 0.752. The SMILES string of the molecule is O=S(=O)(NC1CC12CCNCC2)c1ccc(OC2CC2)cc1. The lowest BCUT2D eigenvalue weighted by Crippen LogP contribution is -2.36. The van der Waals surface area contributed by atoms with Crippen molar-refractivity contribution in [2.24, 2.45) is 5.41 Å². The van der Waals surface area contributed by atoms with Gasteiger partial charge in [-0.2, -0.15) is 0 Å². The predicted molar refractivity (Wildman–Crippen MR) is 83.4 cm³/mol. The smallest absolute Gasteiger partial charge is 0.240 e. The van der Waals surface area contributed by atoms with Crippen molar-refractivity contribution in [2.45, 2.75) is 49.1 Å². The molecule has 3 aliphatic rings. The molecule has 1 heterocycles. The van der Waals surface area contributed by atoms with E-state index in [1.807, 2.05) is 0 Å². The maximum Gasteiger partial charge on any atom is 0.240 e. The highest BCUT2D eigenvalue weighted by atomic mass is 32.2. The fourth-order valence-corrected chi connectivity index (χ4v) is 4.66. The van der Waals surface area contributed by atoms with Crippen LogP contribution in [-0.4, -0.2) is 33.7 Å². The first-order valence-corrected chi connectivity index (χ1v) is 9.56. The highest BCUT2D eigenvalue weighted by molar-refractivity contribution is 7.89. The van der Waals surface area contributed by atoms with Crippen LogP contribution in [0.2, 0.25) is 0 Å². The largest absolute Gasteiger partial charge is 0.490 e. The van der Waals surface area contributed by atoms with Crippen LogP contribution < -0.4 is 14.8 Å². The Morgan fingerprint density at radius 1 is 1.14 bits per heavy atom. The van der Waals surface area contributed by atoms with Gasteiger partial charge in [-0.1, -0.05) is 0 Å². The van der Waals surface area contributed by atoms with Gasteiger partial charge in [0.05, 0.1) is 11.0 Å². The minimum Gasteiger partial charge on any atom is -0.490 e. The van der Waals surface area contributed by atoms with Crippen molar-refractivity contribution in [1.82, 2.24) is 10.0 Å². The summed E-state index contributed by atoms with van der Waals surface area (Å²) in [7, 11) is -3.43. The summed E-state index contributed by atoms with van der Waals surface area (Å²) < 4.78 is 33.5. The van der Waals surface area contributed by atoms with Gasteiger partial charge < -0.3 is 10.1 Å². The number of benzene rings is 1. The molecule has 1 aliphatic heterocycles. The average molecular weight is 322 g/mol. The van der Waals surface area contributed by atoms with E-state index in [0.717, 1.165) is 50.9 Å². The molecule has 3 fully saturated rings. The molecule has 1 spiro atoms. The van der Waals surface area contributed by atoms with Crippen molar-refractivity contribution in [2.75, 3.05) is 13.1 Å². The van der Waals surface area contributed by atoms with Gasteiger partial charge in [0.1, 0.15) is 5.75 Å². The fraction of sp³-hybridized carbons (Fsp3) is 0.625. The molecule has 0 bridgehead atoms. The number of hydrogen-bond donors (Lipinski definition) is 2. The van der Waals surface area contributed by atoms with Gasteiger partial charge in [0.25, 0.3) is 0 Å². The van der Waals surface area contributed by atoms with Crippen LogP contribution in [0.3, 0.4) is 0 Å². The highest BCUT2D eigenvalue weighted by Gasteiger charge is 2.55. The number of nitrogens with one attached hydrogen (secondary N) is 2. The van der Waals surface area contributed by atoms with Gasteiger partial charge in [-0.15, -0.1) is 0 Å². The Balaban J connectivity index is 1.42. The molecule has 2 saturated carbocycles. The second-order valence-electron chi connectivity index (χ2n) is 6.78. The van der Waals surface area contributed by atoms with Crippen molar-refractivity contribution < 1.29 is 13.2 Å². The molecule has 6 heteroatoms. The third-order valence-corrected chi connectivity index (χ3v) is 6.54. The summed E-state index contributed by atoms with van der Waals surface area (Å²) in [6.45, 7) is 1.98. The minimum absolute atomic E-state index is 0.0991. The predicted octanol–water partition coefficient (Wildman–Crippen LogP) is 1.65. The fourth-order valence-electron chi connectivity index (χ4n) is 3.32. The molecule has 120 valence electrons. The molecule has 1 atom stereocenters. The Morgan fingerprint density at radius 3 is 2.45 bits per heavy atom. The second kappa shape index (κ2) is 5.22. The molecule has 2 N–H and O–H groups in total. The average Bonchev–Trinajstić information content (AvgIpc) is 3.41. The normalized spacial score (nSPS) is 26.8. The van der Waals surface area contributed by atoms with Gasteiger partial charge in [-0.25, -0.2) is 13.1 Å². The van der Waals surface area contributed by atoms with E-state index in [1.54, 1.807) is 24.3 Å². The van der Waals surface area contributed by atoms with Gasteiger partial charge in [0.2, 0.25) is 10.0 Å². The summed E-state index contributed by atoms with van der Waals surface area (Å²) in [6.07, 6.45) is 5.62. The lowest BCUT2D eigenvalue weighted by Gasteiger charge is -2.23. The zero-order valence-corrected chi connectivity index (χ0v) is 13.4. The molecular weight excluding hydrogens is 300 g/mol. The van der Waals surface area contributed by atoms with E-state index in [9.17, 15) is 8.42 Å². The van der Waals surface area contributed by atoms with Crippen molar-refractivity contribution in [3.05, 3.63) is 24.3 Å². The van der Waals surface area contributed by atoms with E-state index in [1.165, 1.54) is 0 Å². The van der Waals surface area contributed by atoms with Gasteiger partial charge in [-0.05, 0) is 74.9 Å². The zero-order valence-electron chi connectivity index (χ0n) is 12.5. The molecule has 0 radical (unpaired) electrons. The number of rotatable bonds is 5. The maximum absolute atomic E-state index is 12.5. The van der Waals surface area contributed by atoms with E-state index < -0.39 is 10.0 Å². The molecule has 4 rings (SSSR count). The van der Waals surface area contributed by atoms with Gasteiger partial charge in [0.15, 0.2) is 0 Å². The summed E-state index contributed by atoms with van der Waals surface area (Å²) in [4.78, 5) is 0.326. The Labute approximate surface area is 131 Å². The highest BCUT2D eigenvalue weighted by Crippen LogP contribution is 2.53. The molecule has 0 aromatic heterocycles. The van der Waals surface area contributed by atoms with E-state index >= 15 is 0 Å². The molecular formula is C16H22N2O3S. The van der Waals surface area contributed by atoms with E-state index in [2.05, 4.69) is 10.0 Å². The van der Waals surface area contributed by atoms with Crippen LogP contribution in [0.25, 0.3) is 0 Å². The molecule has 1 aromatic rings. The summed E-state index contributed by atoms with van der Waals surface area (Å²) in [5.41, 5.74) is 0.202. The number of sulfonamides is 1. The molecule has 0 amide bonds. The van der Waals surface area contributed by atoms with Crippen LogP contribution >= 0.6 is 0 Å². The first kappa shape index (κ1) is 14.5. The molecule has 1 saturated heterocycles. The van der Waals surface area contributed by atoms with Crippen LogP contribution in [0.5, 0.6) is 5.75 Å². The quantitative estimate of drug-likeness (QED) is 0.865. The van der Waals surface area contributed by atoms with Crippen LogP contribution in [0, 0.1) is 5.41 Å². The monoisotopic (exact) mass is 322 g/mol. The Hall–Kier alpha value is -1.11. The van der Waals surface area contributed by atoms with Crippen LogP contribution in [0.15, 0.2) is 29.2 Å². The maximum atomic E-state index is 12.5. The molecule has 22 heavy (non-hydrogen) atoms. The third-order valence-electron chi connectivity index (χ3n) is 5.05. The number of piperidine rings is 1. The van der Waals surface area contributed by atoms with Crippen molar-refractivity contribution in [1.29, 1.82) is 0 Å². The Morgan fingerprint density at radius 2 is 1.82 bits per heavy atom. The van der Waals surface area contributed by atoms with Crippen molar-refractivity contribution >= 4 is 10.0 Å². The van der Waals surface area contributed by atoms with Gasteiger partial charge in [0, 0.05) is 6.04 Å². The van der Waals surface area contributed by atoms with Gasteiger partial charge >= 0.3 is 0 Å². The first-order valence-electron chi connectivity index (χ1n) is 8.07. The van der Waals surface area contributed by atoms with Crippen LogP contribution in [0.4, 0.5) is 0 Å². The number of hydrogen-bond acceptors (Lipinski definition) is 4. The molecule has 1 unspecified atom stereocenters. The van der Waals surface area contributed by atoms with Crippen molar-refractivity contribution in [3.63, 3.8) is 0 Å². The molecule has 2 aliphatic carbocycles. The summed E-state index contributed by atoms with van der Waals surface area (Å²) in [5, 5.41) is 3.33. The Bertz CT molecular complexity index is 646.